The number of carbonyl (C=O) groups is 2. The van der Waals surface area contributed by atoms with Crippen LogP contribution >= 0.6 is 0 Å². The van der Waals surface area contributed by atoms with Crippen molar-refractivity contribution in [1.29, 1.82) is 0 Å². The van der Waals surface area contributed by atoms with E-state index in [-0.39, 0.29) is 24.2 Å². The zero-order valence-electron chi connectivity index (χ0n) is 15.3. The molecular weight excluding hydrogens is 347 g/mol. The van der Waals surface area contributed by atoms with Crippen molar-refractivity contribution in [3.8, 4) is 0 Å². The highest BCUT2D eigenvalue weighted by Crippen LogP contribution is 2.23. The first-order valence-electron chi connectivity index (χ1n) is 8.97. The Kier molecular flexibility index (Phi) is 6.19. The minimum atomic E-state index is -0.484. The second-order valence-corrected chi connectivity index (χ2v) is 6.61. The number of amides is 1. The second kappa shape index (κ2) is 8.77. The maximum absolute atomic E-state index is 13.6. The summed E-state index contributed by atoms with van der Waals surface area (Å²) in [5, 5.41) is 2.81. The summed E-state index contributed by atoms with van der Waals surface area (Å²) >= 11 is 0. The van der Waals surface area contributed by atoms with E-state index in [1.807, 2.05) is 29.2 Å². The highest BCUT2D eigenvalue weighted by molar-refractivity contribution is 5.81. The fourth-order valence-corrected chi connectivity index (χ4v) is 3.39. The maximum Gasteiger partial charge on any atom is 0.323 e. The number of benzene rings is 2. The van der Waals surface area contributed by atoms with Gasteiger partial charge in [0.15, 0.2) is 0 Å². The average molecular weight is 370 g/mol. The average Bonchev–Trinajstić information content (AvgIpc) is 2.68. The van der Waals surface area contributed by atoms with E-state index < -0.39 is 6.04 Å². The Balaban J connectivity index is 1.59. The number of carbonyl (C=O) groups excluding carboxylic acids is 2. The molecule has 1 N–H and O–H groups in total. The van der Waals surface area contributed by atoms with Crippen LogP contribution in [-0.2, 0) is 33.7 Å². The first kappa shape index (κ1) is 19.0. The SMILES string of the molecule is COC(=O)[C@H]1Cc2ccccc2CN1CC(=O)NCCc1ccccc1F. The lowest BCUT2D eigenvalue weighted by Crippen LogP contribution is -2.50. The predicted octanol–water partition coefficient (Wildman–Crippen LogP) is 2.08. The summed E-state index contributed by atoms with van der Waals surface area (Å²) in [6, 6.07) is 13.9. The topological polar surface area (TPSA) is 58.6 Å². The number of esters is 1. The van der Waals surface area contributed by atoms with Crippen LogP contribution < -0.4 is 5.32 Å². The molecule has 2 aromatic carbocycles. The van der Waals surface area contributed by atoms with Gasteiger partial charge in [0.25, 0.3) is 0 Å². The Morgan fingerprint density at radius 3 is 2.59 bits per heavy atom. The summed E-state index contributed by atoms with van der Waals surface area (Å²) in [4.78, 5) is 26.4. The van der Waals surface area contributed by atoms with E-state index in [1.54, 1.807) is 18.2 Å². The van der Waals surface area contributed by atoms with Gasteiger partial charge < -0.3 is 10.1 Å². The number of hydrogen-bond acceptors (Lipinski definition) is 4. The molecule has 0 fully saturated rings. The van der Waals surface area contributed by atoms with E-state index in [9.17, 15) is 14.0 Å². The Labute approximate surface area is 158 Å². The van der Waals surface area contributed by atoms with Crippen molar-refractivity contribution in [2.24, 2.45) is 0 Å². The molecule has 1 aliphatic rings. The van der Waals surface area contributed by atoms with Crippen molar-refractivity contribution in [3.05, 3.63) is 71.0 Å². The minimum absolute atomic E-state index is 0.0887. The van der Waals surface area contributed by atoms with E-state index in [1.165, 1.54) is 13.2 Å². The molecule has 0 unspecified atom stereocenters. The molecule has 0 aliphatic carbocycles. The fourth-order valence-electron chi connectivity index (χ4n) is 3.39. The Bertz CT molecular complexity index is 825. The summed E-state index contributed by atoms with van der Waals surface area (Å²) in [6.07, 6.45) is 0.938. The van der Waals surface area contributed by atoms with Gasteiger partial charge in [0, 0.05) is 13.1 Å². The van der Waals surface area contributed by atoms with Crippen molar-refractivity contribution < 1.29 is 18.7 Å². The van der Waals surface area contributed by atoms with Gasteiger partial charge in [0.05, 0.1) is 13.7 Å². The normalized spacial score (nSPS) is 16.4. The molecule has 0 spiro atoms. The monoisotopic (exact) mass is 370 g/mol. The zero-order chi connectivity index (χ0) is 19.2. The Hall–Kier alpha value is -2.73. The second-order valence-electron chi connectivity index (χ2n) is 6.61. The van der Waals surface area contributed by atoms with Crippen LogP contribution in [0.25, 0.3) is 0 Å². The van der Waals surface area contributed by atoms with Gasteiger partial charge >= 0.3 is 5.97 Å². The van der Waals surface area contributed by atoms with Crippen LogP contribution in [0.5, 0.6) is 0 Å². The van der Waals surface area contributed by atoms with Crippen LogP contribution in [0, 0.1) is 5.82 Å². The molecule has 27 heavy (non-hydrogen) atoms. The van der Waals surface area contributed by atoms with Crippen molar-refractivity contribution in [2.45, 2.75) is 25.4 Å². The summed E-state index contributed by atoms with van der Waals surface area (Å²) in [6.45, 7) is 0.940. The fraction of sp³-hybridized carbons (Fsp3) is 0.333. The third kappa shape index (κ3) is 4.71. The minimum Gasteiger partial charge on any atom is -0.468 e. The van der Waals surface area contributed by atoms with Gasteiger partial charge in [-0.1, -0.05) is 42.5 Å². The quantitative estimate of drug-likeness (QED) is 0.791. The lowest BCUT2D eigenvalue weighted by atomic mass is 9.94. The van der Waals surface area contributed by atoms with E-state index in [0.29, 0.717) is 31.5 Å². The highest BCUT2D eigenvalue weighted by atomic mass is 19.1. The molecule has 0 saturated heterocycles. The van der Waals surface area contributed by atoms with Crippen LogP contribution in [-0.4, -0.2) is 43.0 Å². The van der Waals surface area contributed by atoms with Gasteiger partial charge in [-0.05, 0) is 35.6 Å². The highest BCUT2D eigenvalue weighted by Gasteiger charge is 2.33. The van der Waals surface area contributed by atoms with E-state index in [4.69, 9.17) is 4.74 Å². The molecule has 1 heterocycles. The molecule has 1 aliphatic heterocycles. The number of hydrogen-bond donors (Lipinski definition) is 1. The molecule has 0 aromatic heterocycles. The largest absolute Gasteiger partial charge is 0.468 e. The molecule has 142 valence electrons. The van der Waals surface area contributed by atoms with Gasteiger partial charge in [0.2, 0.25) is 5.91 Å². The molecule has 0 bridgehead atoms. The van der Waals surface area contributed by atoms with Gasteiger partial charge in [-0.2, -0.15) is 0 Å². The molecule has 3 rings (SSSR count). The molecule has 0 saturated carbocycles. The number of halogens is 1. The molecular formula is C21H23FN2O3. The number of fused-ring (bicyclic) bond motifs is 1. The summed E-state index contributed by atoms with van der Waals surface area (Å²) in [5.41, 5.74) is 2.78. The lowest BCUT2D eigenvalue weighted by molar-refractivity contribution is -0.148. The summed E-state index contributed by atoms with van der Waals surface area (Å²) in [5.74, 6) is -0.812. The smallest absolute Gasteiger partial charge is 0.323 e. The van der Waals surface area contributed by atoms with Crippen LogP contribution in [0.15, 0.2) is 48.5 Å². The van der Waals surface area contributed by atoms with Crippen LogP contribution in [0.1, 0.15) is 16.7 Å². The van der Waals surface area contributed by atoms with E-state index in [0.717, 1.165) is 11.1 Å². The number of nitrogens with zero attached hydrogens (tertiary/aromatic N) is 1. The molecule has 2 aromatic rings. The third-order valence-electron chi connectivity index (χ3n) is 4.84. The van der Waals surface area contributed by atoms with Gasteiger partial charge in [-0.3, -0.25) is 14.5 Å². The predicted molar refractivity (Wildman–Crippen MR) is 99.5 cm³/mol. The number of ether oxygens (including phenoxy) is 1. The van der Waals surface area contributed by atoms with Crippen molar-refractivity contribution in [3.63, 3.8) is 0 Å². The van der Waals surface area contributed by atoms with Crippen molar-refractivity contribution >= 4 is 11.9 Å². The molecule has 1 amide bonds. The lowest BCUT2D eigenvalue weighted by Gasteiger charge is -2.34. The van der Waals surface area contributed by atoms with E-state index in [2.05, 4.69) is 5.32 Å². The van der Waals surface area contributed by atoms with Crippen molar-refractivity contribution in [1.82, 2.24) is 10.2 Å². The van der Waals surface area contributed by atoms with Gasteiger partial charge in [-0.15, -0.1) is 0 Å². The molecule has 1 atom stereocenters. The standard InChI is InChI=1S/C21H23FN2O3/c1-27-21(26)19-12-16-7-2-3-8-17(16)13-24(19)14-20(25)23-11-10-15-6-4-5-9-18(15)22/h2-9,19H,10-14H2,1H3,(H,23,25)/t19-/m1/s1. The molecule has 0 radical (unpaired) electrons. The Morgan fingerprint density at radius 1 is 1.15 bits per heavy atom. The van der Waals surface area contributed by atoms with Crippen LogP contribution in [0.4, 0.5) is 4.39 Å². The maximum atomic E-state index is 13.6. The Morgan fingerprint density at radius 2 is 1.85 bits per heavy atom. The van der Waals surface area contributed by atoms with Crippen molar-refractivity contribution in [2.75, 3.05) is 20.2 Å². The van der Waals surface area contributed by atoms with Crippen LogP contribution in [0.2, 0.25) is 0 Å². The first-order chi connectivity index (χ1) is 13.1. The first-order valence-corrected chi connectivity index (χ1v) is 8.97. The van der Waals surface area contributed by atoms with Gasteiger partial charge in [-0.25, -0.2) is 4.39 Å². The summed E-state index contributed by atoms with van der Waals surface area (Å²) in [7, 11) is 1.36. The van der Waals surface area contributed by atoms with E-state index >= 15 is 0 Å². The number of nitrogens with one attached hydrogen (secondary N) is 1. The third-order valence-corrected chi connectivity index (χ3v) is 4.84. The van der Waals surface area contributed by atoms with Crippen LogP contribution in [0.3, 0.4) is 0 Å². The van der Waals surface area contributed by atoms with Gasteiger partial charge in [0.1, 0.15) is 11.9 Å². The number of rotatable bonds is 6. The summed E-state index contributed by atoms with van der Waals surface area (Å²) < 4.78 is 18.5. The zero-order valence-corrected chi connectivity index (χ0v) is 15.3. The number of methoxy groups -OCH3 is 1. The molecule has 6 heteroatoms. The molecule has 5 nitrogen and oxygen atoms in total.